The van der Waals surface area contributed by atoms with Crippen LogP contribution in [0.2, 0.25) is 0 Å². The molecule has 0 amide bonds. The van der Waals surface area contributed by atoms with E-state index in [2.05, 4.69) is 19.8 Å². The van der Waals surface area contributed by atoms with E-state index >= 15 is 0 Å². The lowest BCUT2D eigenvalue weighted by Gasteiger charge is -2.28. The average Bonchev–Trinajstić information content (AvgIpc) is 3.37. The van der Waals surface area contributed by atoms with Gasteiger partial charge in [0.1, 0.15) is 0 Å². The van der Waals surface area contributed by atoms with Gasteiger partial charge in [-0.1, -0.05) is 30.3 Å². The van der Waals surface area contributed by atoms with Gasteiger partial charge in [-0.15, -0.1) is 0 Å². The molecule has 14 heteroatoms. The van der Waals surface area contributed by atoms with Gasteiger partial charge in [0, 0.05) is 24.3 Å². The normalized spacial score (nSPS) is 13.1. The molecular weight excluding hydrogens is 589 g/mol. The number of aliphatic hydroxyl groups is 1. The minimum Gasteiger partial charge on any atom is -0.387 e. The van der Waals surface area contributed by atoms with Crippen LogP contribution in [0.5, 0.6) is 0 Å². The fourth-order valence-corrected chi connectivity index (χ4v) is 5.24. The number of alkyl halides is 3. The maximum atomic E-state index is 12.6. The molecule has 0 saturated heterocycles. The number of rotatable bonds is 11. The van der Waals surface area contributed by atoms with Gasteiger partial charge in [-0.05, 0) is 68.3 Å². The number of aryl methyl sites for hydroxylation is 1. The summed E-state index contributed by atoms with van der Waals surface area (Å²) >= 11 is 0. The summed E-state index contributed by atoms with van der Waals surface area (Å²) in [4.78, 5) is 27.2. The first-order valence-corrected chi connectivity index (χ1v) is 14.5. The molecule has 228 valence electrons. The number of esters is 2. The average molecular weight is 619 g/mol. The van der Waals surface area contributed by atoms with Gasteiger partial charge in [0.05, 0.1) is 33.9 Å². The van der Waals surface area contributed by atoms with Crippen molar-refractivity contribution in [1.29, 1.82) is 0 Å². The molecule has 0 saturated carbocycles. The third-order valence-corrected chi connectivity index (χ3v) is 8.00. The largest absolute Gasteiger partial charge is 0.491 e. The number of carbonyl (C=O) groups excluding carboxylic acids is 2. The van der Waals surface area contributed by atoms with Crippen molar-refractivity contribution in [2.75, 3.05) is 11.3 Å². The van der Waals surface area contributed by atoms with Crippen molar-refractivity contribution in [1.82, 2.24) is 14.9 Å². The van der Waals surface area contributed by atoms with Crippen LogP contribution >= 0.6 is 0 Å². The number of benzene rings is 3. The van der Waals surface area contributed by atoms with E-state index in [1.807, 2.05) is 13.8 Å². The summed E-state index contributed by atoms with van der Waals surface area (Å²) in [5.74, 6) is -4.02. The highest BCUT2D eigenvalue weighted by atomic mass is 32.2. The molecule has 4 aromatic rings. The predicted octanol–water partition coefficient (Wildman–Crippen LogP) is 4.57. The van der Waals surface area contributed by atoms with Crippen molar-refractivity contribution in [2.45, 2.75) is 49.5 Å². The number of anilines is 1. The second-order valence-corrected chi connectivity index (χ2v) is 12.1. The SMILES string of the molecule is CC(C)(CCn1cnc2cc(C(=O)OC(=O)C(F)(F)F)ccc21)NCC(O)c1cccc(NS(=O)(=O)c2ccccc2)c1. The molecule has 10 nitrogen and oxygen atoms in total. The number of nitrogens with zero attached hydrogens (tertiary/aromatic N) is 2. The fraction of sp³-hybridized carbons (Fsp3) is 0.276. The van der Waals surface area contributed by atoms with Gasteiger partial charge in [0.2, 0.25) is 0 Å². The van der Waals surface area contributed by atoms with Gasteiger partial charge in [0.25, 0.3) is 10.0 Å². The van der Waals surface area contributed by atoms with Crippen LogP contribution in [0.3, 0.4) is 0 Å². The number of ether oxygens (including phenoxy) is 1. The van der Waals surface area contributed by atoms with E-state index in [1.165, 1.54) is 36.7 Å². The molecular formula is C29H29F3N4O6S. The zero-order valence-corrected chi connectivity index (χ0v) is 23.9. The van der Waals surface area contributed by atoms with Crippen LogP contribution in [0, 0.1) is 0 Å². The van der Waals surface area contributed by atoms with Crippen molar-refractivity contribution >= 4 is 38.7 Å². The zero-order valence-electron chi connectivity index (χ0n) is 23.1. The predicted molar refractivity (Wildman–Crippen MR) is 152 cm³/mol. The third kappa shape index (κ3) is 8.18. The van der Waals surface area contributed by atoms with Crippen molar-refractivity contribution in [3.63, 3.8) is 0 Å². The smallest absolute Gasteiger partial charge is 0.387 e. The number of aromatic nitrogens is 2. The van der Waals surface area contributed by atoms with E-state index < -0.39 is 39.8 Å². The lowest BCUT2D eigenvalue weighted by Crippen LogP contribution is -2.42. The number of nitrogens with one attached hydrogen (secondary N) is 2. The lowest BCUT2D eigenvalue weighted by molar-refractivity contribution is -0.193. The second kappa shape index (κ2) is 12.5. The number of hydrogen-bond acceptors (Lipinski definition) is 8. The summed E-state index contributed by atoms with van der Waals surface area (Å²) in [6.07, 6.45) is -4.12. The Labute approximate surface area is 245 Å². The van der Waals surface area contributed by atoms with Crippen molar-refractivity contribution in [3.8, 4) is 0 Å². The van der Waals surface area contributed by atoms with E-state index in [0.717, 1.165) is 0 Å². The first-order valence-electron chi connectivity index (χ1n) is 13.0. The summed E-state index contributed by atoms with van der Waals surface area (Å²) in [6, 6.07) is 18.4. The molecule has 43 heavy (non-hydrogen) atoms. The summed E-state index contributed by atoms with van der Waals surface area (Å²) in [6.45, 7) is 4.53. The van der Waals surface area contributed by atoms with Gasteiger partial charge in [-0.2, -0.15) is 13.2 Å². The molecule has 1 heterocycles. The molecule has 0 aliphatic carbocycles. The summed E-state index contributed by atoms with van der Waals surface area (Å²) in [5, 5.41) is 14.1. The molecule has 3 N–H and O–H groups in total. The van der Waals surface area contributed by atoms with Crippen molar-refractivity contribution < 1.29 is 41.0 Å². The zero-order chi connectivity index (χ0) is 31.4. The van der Waals surface area contributed by atoms with Crippen molar-refractivity contribution in [3.05, 3.63) is 90.3 Å². The van der Waals surface area contributed by atoms with Crippen LogP contribution in [0.15, 0.2) is 84.0 Å². The van der Waals surface area contributed by atoms with Gasteiger partial charge in [0.15, 0.2) is 0 Å². The van der Waals surface area contributed by atoms with E-state index in [0.29, 0.717) is 35.2 Å². The lowest BCUT2D eigenvalue weighted by atomic mass is 9.99. The highest BCUT2D eigenvalue weighted by Crippen LogP contribution is 2.23. The number of imidazole rings is 1. The fourth-order valence-electron chi connectivity index (χ4n) is 4.17. The third-order valence-electron chi connectivity index (χ3n) is 6.60. The Kier molecular flexibility index (Phi) is 9.23. The molecule has 1 atom stereocenters. The van der Waals surface area contributed by atoms with Gasteiger partial charge in [-0.3, -0.25) is 4.72 Å². The minimum absolute atomic E-state index is 0.121. The van der Waals surface area contributed by atoms with E-state index in [9.17, 15) is 36.3 Å². The van der Waals surface area contributed by atoms with E-state index in [4.69, 9.17) is 0 Å². The molecule has 4 rings (SSSR count). The molecule has 0 aliphatic rings. The van der Waals surface area contributed by atoms with Crippen LogP contribution in [0.25, 0.3) is 11.0 Å². The number of hydrogen-bond donors (Lipinski definition) is 3. The molecule has 0 aliphatic heterocycles. The highest BCUT2D eigenvalue weighted by Gasteiger charge is 2.42. The van der Waals surface area contributed by atoms with Crippen LogP contribution in [-0.4, -0.2) is 53.3 Å². The Hall–Kier alpha value is -4.27. The molecule has 0 fully saturated rings. The summed E-state index contributed by atoms with van der Waals surface area (Å²) in [7, 11) is -3.78. The minimum atomic E-state index is -5.29. The summed E-state index contributed by atoms with van der Waals surface area (Å²) < 4.78 is 70.7. The maximum absolute atomic E-state index is 12.6. The van der Waals surface area contributed by atoms with Crippen LogP contribution in [0.1, 0.15) is 42.3 Å². The molecule has 3 aromatic carbocycles. The molecule has 0 spiro atoms. The standard InChI is InChI=1S/C29H29F3N4O6S/c1-28(2,13-14-36-18-33-23-16-20(11-12-24(23)36)26(38)42-27(39)29(30,31)32)34-17-25(37)19-7-6-8-21(15-19)35-43(40,41)22-9-4-3-5-10-22/h3-12,15-16,18,25,34-35,37H,13-14,17H2,1-2H3. The first kappa shape index (κ1) is 31.7. The van der Waals surface area contributed by atoms with Gasteiger partial charge < -0.3 is 19.7 Å². The van der Waals surface area contributed by atoms with Crippen molar-refractivity contribution in [2.24, 2.45) is 0 Å². The highest BCUT2D eigenvalue weighted by molar-refractivity contribution is 7.92. The number of sulfonamides is 1. The molecule has 1 aromatic heterocycles. The Morgan fingerprint density at radius 3 is 2.44 bits per heavy atom. The number of carbonyl (C=O) groups is 2. The monoisotopic (exact) mass is 618 g/mol. The van der Waals surface area contributed by atoms with Gasteiger partial charge >= 0.3 is 18.1 Å². The van der Waals surface area contributed by atoms with Crippen LogP contribution in [0.4, 0.5) is 18.9 Å². The summed E-state index contributed by atoms with van der Waals surface area (Å²) in [5.41, 5.74) is 1.06. The Balaban J connectivity index is 1.34. The molecule has 0 radical (unpaired) electrons. The Morgan fingerprint density at radius 2 is 1.74 bits per heavy atom. The maximum Gasteiger partial charge on any atom is 0.491 e. The molecule has 1 unspecified atom stereocenters. The first-order chi connectivity index (χ1) is 20.1. The number of β-amino-alcohol motifs (C(OH)–C–C–N with tert-alkyl or cyclic N) is 1. The van der Waals surface area contributed by atoms with E-state index in [1.54, 1.807) is 47.0 Å². The quantitative estimate of drug-likeness (QED) is 0.164. The number of halogens is 3. The van der Waals surface area contributed by atoms with Gasteiger partial charge in [-0.25, -0.2) is 23.0 Å². The number of aliphatic hydroxyl groups excluding tert-OH is 1. The topological polar surface area (TPSA) is 140 Å². The Morgan fingerprint density at radius 1 is 1.02 bits per heavy atom. The second-order valence-electron chi connectivity index (χ2n) is 10.4. The Bertz CT molecular complexity index is 1720. The molecule has 0 bridgehead atoms. The number of fused-ring (bicyclic) bond motifs is 1. The van der Waals surface area contributed by atoms with Crippen LogP contribution < -0.4 is 10.0 Å². The van der Waals surface area contributed by atoms with Crippen LogP contribution in [-0.2, 0) is 26.1 Å². The van der Waals surface area contributed by atoms with E-state index in [-0.39, 0.29) is 17.0 Å².